The van der Waals surface area contributed by atoms with E-state index in [1.165, 1.54) is 0 Å². The summed E-state index contributed by atoms with van der Waals surface area (Å²) in [4.78, 5) is 28.2. The monoisotopic (exact) mass is 321 g/mol. The van der Waals surface area contributed by atoms with Gasteiger partial charge in [-0.25, -0.2) is 0 Å². The Hall–Kier alpha value is -1.75. The minimum atomic E-state index is -0.588. The van der Waals surface area contributed by atoms with Gasteiger partial charge in [0.15, 0.2) is 0 Å². The molecule has 3 rings (SSSR count). The summed E-state index contributed by atoms with van der Waals surface area (Å²) in [6.07, 6.45) is 0.292. The Labute approximate surface area is 135 Å². The summed E-state index contributed by atoms with van der Waals surface area (Å²) in [5.41, 5.74) is 0.499. The van der Waals surface area contributed by atoms with Crippen LogP contribution in [0, 0.1) is 5.41 Å². The molecule has 2 aliphatic rings. The van der Waals surface area contributed by atoms with E-state index >= 15 is 0 Å². The van der Waals surface area contributed by atoms with E-state index in [9.17, 15) is 9.59 Å². The molecule has 2 heterocycles. The standard InChI is InChI=1S/C16H20ClN3O2/c1-16(10-14(21)18-11-16)15(22)20-7-5-19(6-8-20)13-4-2-3-12(17)9-13/h2-4,9H,5-8,10-11H2,1H3,(H,18,21). The highest BCUT2D eigenvalue weighted by Crippen LogP contribution is 2.29. The Bertz CT molecular complexity index is 599. The van der Waals surface area contributed by atoms with Crippen molar-refractivity contribution in [1.82, 2.24) is 10.2 Å². The number of benzene rings is 1. The van der Waals surface area contributed by atoms with Crippen molar-refractivity contribution in [2.75, 3.05) is 37.6 Å². The zero-order valence-corrected chi connectivity index (χ0v) is 13.4. The number of amides is 2. The lowest BCUT2D eigenvalue weighted by Gasteiger charge is -2.39. The second-order valence-corrected chi connectivity index (χ2v) is 6.71. The van der Waals surface area contributed by atoms with Gasteiger partial charge in [-0.3, -0.25) is 9.59 Å². The Kier molecular flexibility index (Phi) is 4.00. The van der Waals surface area contributed by atoms with Gasteiger partial charge >= 0.3 is 0 Å². The summed E-state index contributed by atoms with van der Waals surface area (Å²) in [5.74, 6) is 0.0463. The van der Waals surface area contributed by atoms with Crippen LogP contribution in [0.4, 0.5) is 5.69 Å². The maximum atomic E-state index is 12.7. The SMILES string of the molecule is CC1(C(=O)N2CCN(c3cccc(Cl)c3)CC2)CNC(=O)C1. The molecular formula is C16H20ClN3O2. The Morgan fingerprint density at radius 1 is 1.27 bits per heavy atom. The van der Waals surface area contributed by atoms with Crippen LogP contribution in [0.3, 0.4) is 0 Å². The van der Waals surface area contributed by atoms with Gasteiger partial charge in [-0.2, -0.15) is 0 Å². The molecular weight excluding hydrogens is 302 g/mol. The Morgan fingerprint density at radius 3 is 2.59 bits per heavy atom. The van der Waals surface area contributed by atoms with Gasteiger partial charge in [-0.05, 0) is 25.1 Å². The van der Waals surface area contributed by atoms with Crippen LogP contribution in [0.15, 0.2) is 24.3 Å². The van der Waals surface area contributed by atoms with E-state index in [4.69, 9.17) is 11.6 Å². The summed E-state index contributed by atoms with van der Waals surface area (Å²) < 4.78 is 0. The summed E-state index contributed by atoms with van der Waals surface area (Å²) >= 11 is 6.03. The predicted octanol–water partition coefficient (Wildman–Crippen LogP) is 1.51. The highest BCUT2D eigenvalue weighted by atomic mass is 35.5. The number of nitrogens with zero attached hydrogens (tertiary/aromatic N) is 2. The molecule has 0 aromatic heterocycles. The maximum Gasteiger partial charge on any atom is 0.230 e. The summed E-state index contributed by atoms with van der Waals surface area (Å²) in [7, 11) is 0. The van der Waals surface area contributed by atoms with E-state index in [1.807, 2.05) is 36.1 Å². The third-order valence-electron chi connectivity index (χ3n) is 4.48. The molecule has 0 spiro atoms. The van der Waals surface area contributed by atoms with Crippen molar-refractivity contribution >= 4 is 29.1 Å². The van der Waals surface area contributed by atoms with Crippen molar-refractivity contribution in [3.8, 4) is 0 Å². The van der Waals surface area contributed by atoms with Crippen LogP contribution < -0.4 is 10.2 Å². The molecule has 0 aliphatic carbocycles. The fourth-order valence-corrected chi connectivity index (χ4v) is 3.33. The summed E-state index contributed by atoms with van der Waals surface area (Å²) in [6, 6.07) is 7.77. The Morgan fingerprint density at radius 2 is 2.00 bits per heavy atom. The van der Waals surface area contributed by atoms with Crippen molar-refractivity contribution in [3.05, 3.63) is 29.3 Å². The maximum absolute atomic E-state index is 12.7. The first-order valence-electron chi connectivity index (χ1n) is 7.54. The predicted molar refractivity (Wildman–Crippen MR) is 86.0 cm³/mol. The van der Waals surface area contributed by atoms with E-state index in [1.54, 1.807) is 0 Å². The van der Waals surface area contributed by atoms with Gasteiger partial charge in [0.05, 0.1) is 5.41 Å². The minimum absolute atomic E-state index is 0.0339. The smallest absolute Gasteiger partial charge is 0.230 e. The van der Waals surface area contributed by atoms with Crippen LogP contribution in [0.1, 0.15) is 13.3 Å². The number of carbonyl (C=O) groups is 2. The van der Waals surface area contributed by atoms with Gasteiger partial charge in [0.2, 0.25) is 11.8 Å². The first-order chi connectivity index (χ1) is 10.5. The quantitative estimate of drug-likeness (QED) is 0.898. The molecule has 118 valence electrons. The molecule has 6 heteroatoms. The molecule has 2 amide bonds. The van der Waals surface area contributed by atoms with Crippen molar-refractivity contribution in [2.45, 2.75) is 13.3 Å². The number of carbonyl (C=O) groups excluding carboxylic acids is 2. The van der Waals surface area contributed by atoms with Crippen molar-refractivity contribution in [3.63, 3.8) is 0 Å². The first kappa shape index (κ1) is 15.2. The van der Waals surface area contributed by atoms with E-state index in [0.717, 1.165) is 23.8 Å². The molecule has 1 aromatic carbocycles. The van der Waals surface area contributed by atoms with Gasteiger partial charge in [0.25, 0.3) is 0 Å². The fourth-order valence-electron chi connectivity index (χ4n) is 3.15. The van der Waals surface area contributed by atoms with Gasteiger partial charge in [-0.15, -0.1) is 0 Å². The van der Waals surface area contributed by atoms with Crippen molar-refractivity contribution in [1.29, 1.82) is 0 Å². The van der Waals surface area contributed by atoms with Gasteiger partial charge in [-0.1, -0.05) is 17.7 Å². The zero-order chi connectivity index (χ0) is 15.7. The third kappa shape index (κ3) is 2.90. The van der Waals surface area contributed by atoms with E-state index in [0.29, 0.717) is 26.1 Å². The fraction of sp³-hybridized carbons (Fsp3) is 0.500. The highest BCUT2D eigenvalue weighted by Gasteiger charge is 2.43. The zero-order valence-electron chi connectivity index (χ0n) is 12.6. The second kappa shape index (κ2) is 5.80. The van der Waals surface area contributed by atoms with E-state index in [-0.39, 0.29) is 11.8 Å². The normalized spacial score (nSPS) is 25.3. The van der Waals surface area contributed by atoms with Crippen LogP contribution in [-0.2, 0) is 9.59 Å². The van der Waals surface area contributed by atoms with Gasteiger partial charge < -0.3 is 15.1 Å². The Balaban J connectivity index is 1.62. The molecule has 22 heavy (non-hydrogen) atoms. The number of halogens is 1. The number of hydrogen-bond donors (Lipinski definition) is 1. The molecule has 0 radical (unpaired) electrons. The lowest BCUT2D eigenvalue weighted by Crippen LogP contribution is -2.53. The second-order valence-electron chi connectivity index (χ2n) is 6.27. The van der Waals surface area contributed by atoms with Crippen LogP contribution in [0.25, 0.3) is 0 Å². The summed E-state index contributed by atoms with van der Waals surface area (Å²) in [5, 5.41) is 3.48. The largest absolute Gasteiger partial charge is 0.368 e. The van der Waals surface area contributed by atoms with Crippen LogP contribution in [0.2, 0.25) is 5.02 Å². The number of piperazine rings is 1. The van der Waals surface area contributed by atoms with Crippen LogP contribution in [0.5, 0.6) is 0 Å². The van der Waals surface area contributed by atoms with E-state index < -0.39 is 5.41 Å². The number of anilines is 1. The number of rotatable bonds is 2. The van der Waals surface area contributed by atoms with Crippen molar-refractivity contribution in [2.24, 2.45) is 5.41 Å². The molecule has 5 nitrogen and oxygen atoms in total. The van der Waals surface area contributed by atoms with Crippen molar-refractivity contribution < 1.29 is 9.59 Å². The molecule has 2 fully saturated rings. The first-order valence-corrected chi connectivity index (χ1v) is 7.92. The van der Waals surface area contributed by atoms with Crippen LogP contribution >= 0.6 is 11.6 Å². The molecule has 2 aliphatic heterocycles. The molecule has 1 aromatic rings. The lowest BCUT2D eigenvalue weighted by atomic mass is 9.87. The van der Waals surface area contributed by atoms with Crippen LogP contribution in [-0.4, -0.2) is 49.4 Å². The molecule has 0 saturated carbocycles. The molecule has 1 atom stereocenters. The van der Waals surface area contributed by atoms with Gasteiger partial charge in [0, 0.05) is 49.9 Å². The lowest BCUT2D eigenvalue weighted by molar-refractivity contribution is -0.141. The number of nitrogens with one attached hydrogen (secondary N) is 1. The molecule has 2 saturated heterocycles. The molecule has 1 N–H and O–H groups in total. The average molecular weight is 322 g/mol. The third-order valence-corrected chi connectivity index (χ3v) is 4.72. The highest BCUT2D eigenvalue weighted by molar-refractivity contribution is 6.30. The number of hydrogen-bond acceptors (Lipinski definition) is 3. The topological polar surface area (TPSA) is 52.7 Å². The minimum Gasteiger partial charge on any atom is -0.368 e. The average Bonchev–Trinajstić information content (AvgIpc) is 2.87. The summed E-state index contributed by atoms with van der Waals surface area (Å²) in [6.45, 7) is 5.23. The van der Waals surface area contributed by atoms with Gasteiger partial charge in [0.1, 0.15) is 0 Å². The molecule has 0 bridgehead atoms. The van der Waals surface area contributed by atoms with E-state index in [2.05, 4.69) is 10.2 Å². The molecule has 1 unspecified atom stereocenters.